The van der Waals surface area contributed by atoms with Gasteiger partial charge in [-0.2, -0.15) is 15.0 Å². The molecule has 1 N–H and O–H groups in total. The molecule has 3 aromatic carbocycles. The smallest absolute Gasteiger partial charge is 0.280 e. The quantitative estimate of drug-likeness (QED) is 0.119. The van der Waals surface area contributed by atoms with Crippen LogP contribution in [0.2, 0.25) is 0 Å². The summed E-state index contributed by atoms with van der Waals surface area (Å²) < 4.78 is 62.9. The summed E-state index contributed by atoms with van der Waals surface area (Å²) in [5, 5.41) is 12.3. The lowest BCUT2D eigenvalue weighted by atomic mass is 10.0. The number of hydrogen-bond acceptors (Lipinski definition) is 18. The molecule has 6 aliphatic carbocycles. The molecular weight excluding hydrogens is 1200 g/mol. The predicted octanol–water partition coefficient (Wildman–Crippen LogP) is 8.46. The Labute approximate surface area is 516 Å². The van der Waals surface area contributed by atoms with Crippen LogP contribution >= 0.6 is 11.6 Å². The highest BCUT2D eigenvalue weighted by molar-refractivity contribution is 6.16. The molecule has 24 nitrogen and oxygen atoms in total. The van der Waals surface area contributed by atoms with Crippen molar-refractivity contribution < 1.29 is 26.7 Å². The molecule has 0 saturated heterocycles. The van der Waals surface area contributed by atoms with E-state index in [2.05, 4.69) is 83.5 Å². The van der Waals surface area contributed by atoms with E-state index in [1.165, 1.54) is 81.2 Å². The van der Waals surface area contributed by atoms with E-state index in [4.69, 9.17) is 25.2 Å². The fraction of sp³-hybridized carbons (Fsp3) is 0.286. The van der Waals surface area contributed by atoms with Gasteiger partial charge in [0.15, 0.2) is 51.0 Å². The standard InChI is InChI=1S/2C21H17FN6O2.C15H12ClFN2O.C6H6N4O/c2*1-27-9-23-20-18(27)21(29)28(10-24-20)8-16-25-19(26-30-16)17-14-6-12(7-15(14)17)11-2-4-13(22)5-3-11;16-7-13-18-15(19-20-13)14-11-5-9(6-12(11)14)8-1-3-10(17)4-2-8;1-10-3-9-5-4(10)6(11)8-2-7-5/h2*2-6,9-10,14-15,17H,7-8H2,1H3;1-5,11-12,14H,6-7H2;2-3H,1H3,(H,7,8,11)/t2*14-,15+,17+;11-,12+,14+;/m100./s1. The van der Waals surface area contributed by atoms with E-state index in [0.29, 0.717) is 104 Å². The molecule has 6 aliphatic rings. The number of nitrogens with zero attached hydrogens (tertiary/aromatic N) is 17. The molecule has 91 heavy (non-hydrogen) atoms. The summed E-state index contributed by atoms with van der Waals surface area (Å²) in [5.41, 5.74) is 9.15. The molecule has 0 unspecified atom stereocenters. The molecule has 0 radical (unpaired) electrons. The SMILES string of the molecule is Cn1cnc2nc[nH]c(=O)c21.Cn1cnc2ncn(Cc3nc([C@@H]4[C@H]5C=C(c6ccc(F)cc6)C[C@H]54)no3)c(=O)c21.Cn1cnc2ncn(Cc3nc([C@H]4[C@@H]5C=C(c6ccc(F)cc6)C[C@@H]54)no3)c(=O)c21.Fc1ccc(C2=C[C@H]3[C@@H](C2)[C@@H]3c2noc(CCl)n2)cc1. The summed E-state index contributed by atoms with van der Waals surface area (Å²) in [6, 6.07) is 19.9. The molecule has 0 amide bonds. The number of imidazole rings is 3. The Balaban J connectivity index is 0.000000106. The first-order valence-corrected chi connectivity index (χ1v) is 29.8. The van der Waals surface area contributed by atoms with E-state index in [-0.39, 0.29) is 64.9 Å². The largest absolute Gasteiger partial charge is 0.338 e. The van der Waals surface area contributed by atoms with Gasteiger partial charge in [-0.1, -0.05) is 70.1 Å². The molecule has 12 aromatic rings. The van der Waals surface area contributed by atoms with Crippen LogP contribution in [0, 0.1) is 53.0 Å². The number of aromatic amines is 1. The first kappa shape index (κ1) is 56.9. The topological polar surface area (TPSA) is 286 Å². The maximum Gasteiger partial charge on any atom is 0.280 e. The molecular formula is C63H52ClF3N18O6. The van der Waals surface area contributed by atoms with E-state index in [1.54, 1.807) is 53.8 Å². The van der Waals surface area contributed by atoms with Gasteiger partial charge in [0.25, 0.3) is 16.7 Å². The maximum absolute atomic E-state index is 13.1. The molecule has 0 aliphatic heterocycles. The summed E-state index contributed by atoms with van der Waals surface area (Å²) >= 11 is 5.66. The molecule has 458 valence electrons. The number of aryl methyl sites for hydroxylation is 3. The van der Waals surface area contributed by atoms with Gasteiger partial charge in [0.1, 0.15) is 49.1 Å². The van der Waals surface area contributed by atoms with Crippen molar-refractivity contribution in [3.8, 4) is 0 Å². The molecule has 3 saturated carbocycles. The van der Waals surface area contributed by atoms with Crippen LogP contribution in [-0.2, 0) is 40.1 Å². The van der Waals surface area contributed by atoms with Crippen molar-refractivity contribution >= 4 is 61.8 Å². The number of aromatic nitrogens is 18. The number of nitrogens with one attached hydrogen (secondary N) is 1. The number of benzene rings is 3. The van der Waals surface area contributed by atoms with Gasteiger partial charge in [-0.05, 0) is 125 Å². The highest BCUT2D eigenvalue weighted by Gasteiger charge is 2.57. The van der Waals surface area contributed by atoms with Crippen molar-refractivity contribution in [3.05, 3.63) is 229 Å². The number of H-pyrrole nitrogens is 1. The minimum atomic E-state index is -0.225. The van der Waals surface area contributed by atoms with Crippen LogP contribution in [0.1, 0.15) is 88.9 Å². The van der Waals surface area contributed by atoms with Gasteiger partial charge >= 0.3 is 0 Å². The number of alkyl halides is 1. The average Bonchev–Trinajstić information content (AvgIpc) is 1.59. The zero-order valence-corrected chi connectivity index (χ0v) is 49.4. The van der Waals surface area contributed by atoms with Crippen molar-refractivity contribution in [1.29, 1.82) is 0 Å². The van der Waals surface area contributed by atoms with E-state index in [0.717, 1.165) is 41.8 Å². The summed E-state index contributed by atoms with van der Waals surface area (Å²) in [6.45, 7) is 0.331. The van der Waals surface area contributed by atoms with Crippen molar-refractivity contribution in [2.75, 3.05) is 0 Å². The summed E-state index contributed by atoms with van der Waals surface area (Å²) in [7, 11) is 5.27. The molecule has 3 fully saturated rings. The number of hydrogen-bond donors (Lipinski definition) is 1. The molecule has 0 bridgehead atoms. The molecule has 9 aromatic heterocycles. The molecule has 9 atom stereocenters. The van der Waals surface area contributed by atoms with E-state index in [9.17, 15) is 27.6 Å². The highest BCUT2D eigenvalue weighted by atomic mass is 35.5. The van der Waals surface area contributed by atoms with Crippen molar-refractivity contribution in [2.45, 2.75) is 56.0 Å². The lowest BCUT2D eigenvalue weighted by Crippen LogP contribution is -2.22. The van der Waals surface area contributed by atoms with Crippen LogP contribution in [0.15, 0.2) is 157 Å². The van der Waals surface area contributed by atoms with Crippen LogP contribution in [-0.4, -0.2) is 88.1 Å². The third kappa shape index (κ3) is 10.9. The lowest BCUT2D eigenvalue weighted by molar-refractivity contribution is 0.363. The van der Waals surface area contributed by atoms with Crippen LogP contribution in [0.25, 0.3) is 50.2 Å². The first-order chi connectivity index (χ1) is 44.2. The molecule has 9 heterocycles. The Morgan fingerprint density at radius 2 is 0.813 bits per heavy atom. The second kappa shape index (κ2) is 22.8. The summed E-state index contributed by atoms with van der Waals surface area (Å²) in [4.78, 5) is 76.6. The summed E-state index contributed by atoms with van der Waals surface area (Å²) in [5.74, 6) is 6.50. The van der Waals surface area contributed by atoms with Crippen molar-refractivity contribution in [1.82, 2.24) is 88.1 Å². The van der Waals surface area contributed by atoms with Crippen LogP contribution in [0.3, 0.4) is 0 Å². The third-order valence-corrected chi connectivity index (χ3v) is 18.1. The van der Waals surface area contributed by atoms with Gasteiger partial charge in [0, 0.05) is 38.9 Å². The molecule has 0 spiro atoms. The van der Waals surface area contributed by atoms with Gasteiger partial charge in [0.2, 0.25) is 17.7 Å². The lowest BCUT2D eigenvalue weighted by Gasteiger charge is -2.05. The highest BCUT2D eigenvalue weighted by Crippen LogP contribution is 2.64. The van der Waals surface area contributed by atoms with Gasteiger partial charge in [-0.3, -0.25) is 23.5 Å². The maximum atomic E-state index is 13.1. The number of halogens is 4. The Bertz CT molecular complexity index is 4850. The van der Waals surface area contributed by atoms with Gasteiger partial charge in [-0.25, -0.2) is 43.1 Å². The van der Waals surface area contributed by atoms with Gasteiger partial charge < -0.3 is 32.3 Å². The third-order valence-electron chi connectivity index (χ3n) is 17.9. The average molecular weight is 1250 g/mol. The zero-order valence-electron chi connectivity index (χ0n) is 48.6. The minimum absolute atomic E-state index is 0.157. The normalized spacial score (nSPS) is 22.0. The van der Waals surface area contributed by atoms with Crippen LogP contribution < -0.4 is 16.7 Å². The second-order valence-electron chi connectivity index (χ2n) is 23.5. The number of fused-ring (bicyclic) bond motifs is 6. The summed E-state index contributed by atoms with van der Waals surface area (Å²) in [6.07, 6.45) is 18.5. The number of rotatable bonds is 11. The van der Waals surface area contributed by atoms with Crippen molar-refractivity contribution in [3.63, 3.8) is 0 Å². The number of allylic oxidation sites excluding steroid dienone is 6. The minimum Gasteiger partial charge on any atom is -0.338 e. The van der Waals surface area contributed by atoms with E-state index in [1.807, 2.05) is 36.4 Å². The fourth-order valence-electron chi connectivity index (χ4n) is 13.1. The Hall–Kier alpha value is -10.6. The van der Waals surface area contributed by atoms with E-state index < -0.39 is 0 Å². The molecule has 28 heteroatoms. The fourth-order valence-corrected chi connectivity index (χ4v) is 13.2. The van der Waals surface area contributed by atoms with Crippen LogP contribution in [0.4, 0.5) is 13.2 Å². The second-order valence-corrected chi connectivity index (χ2v) is 23.7. The Morgan fingerprint density at radius 1 is 0.473 bits per heavy atom. The Morgan fingerprint density at radius 3 is 1.15 bits per heavy atom. The Kier molecular flexibility index (Phi) is 14.2. The zero-order chi connectivity index (χ0) is 62.3. The first-order valence-electron chi connectivity index (χ1n) is 29.2. The molecule has 18 rings (SSSR count). The monoisotopic (exact) mass is 1250 g/mol. The van der Waals surface area contributed by atoms with Crippen LogP contribution in [0.5, 0.6) is 0 Å². The van der Waals surface area contributed by atoms with Gasteiger partial charge in [-0.15, -0.1) is 11.6 Å². The van der Waals surface area contributed by atoms with E-state index >= 15 is 0 Å². The van der Waals surface area contributed by atoms with Crippen molar-refractivity contribution in [2.24, 2.45) is 56.7 Å². The van der Waals surface area contributed by atoms with Gasteiger partial charge in [0.05, 0.1) is 25.3 Å². The predicted molar refractivity (Wildman–Crippen MR) is 321 cm³/mol.